The van der Waals surface area contributed by atoms with Crippen LogP contribution in [0, 0.1) is 0 Å². The van der Waals surface area contributed by atoms with E-state index in [0.29, 0.717) is 0 Å². The van der Waals surface area contributed by atoms with Crippen LogP contribution < -0.4 is 0 Å². The second-order valence-electron chi connectivity index (χ2n) is 2.05. The van der Waals surface area contributed by atoms with Gasteiger partial charge in [0.25, 0.3) is 0 Å². The molecule has 0 heterocycles. The van der Waals surface area contributed by atoms with Gasteiger partial charge in [0.05, 0.1) is 13.2 Å². The molecule has 5 nitrogen and oxygen atoms in total. The minimum atomic E-state index is -0.957. The van der Waals surface area contributed by atoms with Gasteiger partial charge in [-0.25, -0.2) is 0 Å². The molecule has 0 rings (SSSR count). The van der Waals surface area contributed by atoms with Crippen LogP contribution in [0.3, 0.4) is 0 Å². The summed E-state index contributed by atoms with van der Waals surface area (Å²) in [5.41, 5.74) is 0. The molecule has 0 amide bonds. The van der Waals surface area contributed by atoms with Gasteiger partial charge < -0.3 is 20.1 Å². The standard InChI is InChI=1S/C6H12O5/c7-1-5(9)3-11-4-6(10)2-8/h5,7-9H,1-4H2. The average Bonchev–Trinajstić information content (AvgIpc) is 2.04. The quantitative estimate of drug-likeness (QED) is 0.419. The summed E-state index contributed by atoms with van der Waals surface area (Å²) >= 11 is 0. The Morgan fingerprint density at radius 1 is 1.45 bits per heavy atom. The molecule has 0 aromatic heterocycles. The molecule has 66 valence electrons. The number of hydrogen-bond donors (Lipinski definition) is 3. The van der Waals surface area contributed by atoms with E-state index in [0.717, 1.165) is 0 Å². The molecule has 0 saturated heterocycles. The summed E-state index contributed by atoms with van der Waals surface area (Å²) in [5.74, 6) is -0.449. The zero-order valence-electron chi connectivity index (χ0n) is 6.06. The molecule has 1 atom stereocenters. The molecule has 0 radical (unpaired) electrons. The van der Waals surface area contributed by atoms with Crippen molar-refractivity contribution in [2.75, 3.05) is 26.4 Å². The van der Waals surface area contributed by atoms with Gasteiger partial charge in [0.15, 0.2) is 5.78 Å². The SMILES string of the molecule is O=C(CO)COCC(O)CO. The lowest BCUT2D eigenvalue weighted by molar-refractivity contribution is -0.127. The number of carbonyl (C=O) groups excluding carboxylic acids is 1. The van der Waals surface area contributed by atoms with Crippen molar-refractivity contribution >= 4 is 5.78 Å². The maximum absolute atomic E-state index is 10.4. The van der Waals surface area contributed by atoms with Crippen molar-refractivity contribution in [2.45, 2.75) is 6.10 Å². The maximum atomic E-state index is 10.4. The van der Waals surface area contributed by atoms with Crippen molar-refractivity contribution in [2.24, 2.45) is 0 Å². The summed E-state index contributed by atoms with van der Waals surface area (Å²) in [5, 5.41) is 25.2. The van der Waals surface area contributed by atoms with E-state index in [2.05, 4.69) is 4.74 Å². The number of ketones is 1. The zero-order chi connectivity index (χ0) is 8.69. The first-order chi connectivity index (χ1) is 5.20. The van der Waals surface area contributed by atoms with Crippen molar-refractivity contribution in [3.05, 3.63) is 0 Å². The Bertz CT molecular complexity index is 114. The van der Waals surface area contributed by atoms with Crippen molar-refractivity contribution in [1.29, 1.82) is 0 Å². The van der Waals surface area contributed by atoms with E-state index in [9.17, 15) is 4.79 Å². The van der Waals surface area contributed by atoms with Crippen LogP contribution in [0.5, 0.6) is 0 Å². The monoisotopic (exact) mass is 164 g/mol. The normalized spacial score (nSPS) is 13.0. The molecule has 0 aliphatic rings. The molecule has 11 heavy (non-hydrogen) atoms. The Kier molecular flexibility index (Phi) is 5.96. The maximum Gasteiger partial charge on any atom is 0.183 e. The number of hydrogen-bond acceptors (Lipinski definition) is 5. The highest BCUT2D eigenvalue weighted by atomic mass is 16.5. The first-order valence-corrected chi connectivity index (χ1v) is 3.20. The number of aliphatic hydroxyl groups excluding tert-OH is 3. The van der Waals surface area contributed by atoms with Crippen LogP contribution in [-0.4, -0.2) is 53.6 Å². The summed E-state index contributed by atoms with van der Waals surface area (Å²) in [7, 11) is 0. The molecule has 0 fully saturated rings. The molecular formula is C6H12O5. The molecule has 0 spiro atoms. The second-order valence-corrected chi connectivity index (χ2v) is 2.05. The topological polar surface area (TPSA) is 87.0 Å². The minimum Gasteiger partial charge on any atom is -0.394 e. The van der Waals surface area contributed by atoms with Crippen LogP contribution in [0.2, 0.25) is 0 Å². The fraction of sp³-hybridized carbons (Fsp3) is 0.833. The molecule has 0 aromatic carbocycles. The molecule has 0 saturated carbocycles. The highest BCUT2D eigenvalue weighted by Crippen LogP contribution is 1.83. The summed E-state index contributed by atoms with van der Waals surface area (Å²) < 4.78 is 4.62. The van der Waals surface area contributed by atoms with Crippen LogP contribution in [0.1, 0.15) is 0 Å². The van der Waals surface area contributed by atoms with Crippen molar-refractivity contribution in [1.82, 2.24) is 0 Å². The molecule has 0 aliphatic heterocycles. The van der Waals surface area contributed by atoms with Crippen molar-refractivity contribution in [3.8, 4) is 0 Å². The van der Waals surface area contributed by atoms with E-state index >= 15 is 0 Å². The second kappa shape index (κ2) is 6.23. The Morgan fingerprint density at radius 3 is 2.55 bits per heavy atom. The summed E-state index contributed by atoms with van der Waals surface area (Å²) in [4.78, 5) is 10.4. The third-order valence-corrected chi connectivity index (χ3v) is 0.960. The predicted molar refractivity (Wildman–Crippen MR) is 36.0 cm³/mol. The van der Waals surface area contributed by atoms with Gasteiger partial charge in [-0.3, -0.25) is 4.79 Å². The van der Waals surface area contributed by atoms with Gasteiger partial charge in [-0.15, -0.1) is 0 Å². The van der Waals surface area contributed by atoms with Crippen LogP contribution in [0.25, 0.3) is 0 Å². The summed E-state index contributed by atoms with van der Waals surface area (Å²) in [6.07, 6.45) is -0.957. The lowest BCUT2D eigenvalue weighted by Crippen LogP contribution is -2.22. The molecule has 5 heteroatoms. The van der Waals surface area contributed by atoms with Gasteiger partial charge in [-0.2, -0.15) is 0 Å². The molecule has 0 aliphatic carbocycles. The molecule has 3 N–H and O–H groups in total. The van der Waals surface area contributed by atoms with E-state index in [1.165, 1.54) is 0 Å². The third kappa shape index (κ3) is 5.93. The van der Waals surface area contributed by atoms with Gasteiger partial charge in [-0.1, -0.05) is 0 Å². The molecule has 0 aromatic rings. The van der Waals surface area contributed by atoms with Gasteiger partial charge in [-0.05, 0) is 0 Å². The minimum absolute atomic E-state index is 0.0950. The highest BCUT2D eigenvalue weighted by molar-refractivity contribution is 5.80. The summed E-state index contributed by atoms with van der Waals surface area (Å²) in [6, 6.07) is 0. The first kappa shape index (κ1) is 10.5. The highest BCUT2D eigenvalue weighted by Gasteiger charge is 2.03. The predicted octanol–water partition coefficient (Wildman–Crippen LogP) is -2.08. The van der Waals surface area contributed by atoms with E-state index in [4.69, 9.17) is 15.3 Å². The van der Waals surface area contributed by atoms with Gasteiger partial charge >= 0.3 is 0 Å². The summed E-state index contributed by atoms with van der Waals surface area (Å²) in [6.45, 7) is -1.28. The van der Waals surface area contributed by atoms with Crippen LogP contribution in [-0.2, 0) is 9.53 Å². The Hall–Kier alpha value is -0.490. The average molecular weight is 164 g/mol. The van der Waals surface area contributed by atoms with Crippen molar-refractivity contribution < 1.29 is 24.9 Å². The van der Waals surface area contributed by atoms with Gasteiger partial charge in [0.1, 0.15) is 19.3 Å². The van der Waals surface area contributed by atoms with Gasteiger partial charge in [0, 0.05) is 0 Å². The Balaban J connectivity index is 3.20. The van der Waals surface area contributed by atoms with E-state index < -0.39 is 25.1 Å². The fourth-order valence-corrected chi connectivity index (χ4v) is 0.407. The number of rotatable bonds is 6. The molecular weight excluding hydrogens is 152 g/mol. The number of carbonyl (C=O) groups is 1. The Labute approximate surface area is 64.2 Å². The third-order valence-electron chi connectivity index (χ3n) is 0.960. The lowest BCUT2D eigenvalue weighted by atomic mass is 10.4. The Morgan fingerprint density at radius 2 is 2.09 bits per heavy atom. The van der Waals surface area contributed by atoms with Crippen LogP contribution in [0.15, 0.2) is 0 Å². The largest absolute Gasteiger partial charge is 0.394 e. The first-order valence-electron chi connectivity index (χ1n) is 3.20. The molecule has 1 unspecified atom stereocenters. The smallest absolute Gasteiger partial charge is 0.183 e. The number of ether oxygens (including phenoxy) is 1. The fourth-order valence-electron chi connectivity index (χ4n) is 0.407. The van der Waals surface area contributed by atoms with Crippen molar-refractivity contribution in [3.63, 3.8) is 0 Å². The van der Waals surface area contributed by atoms with E-state index in [-0.39, 0.29) is 13.2 Å². The van der Waals surface area contributed by atoms with Crippen LogP contribution in [0.4, 0.5) is 0 Å². The van der Waals surface area contributed by atoms with Gasteiger partial charge in [0.2, 0.25) is 0 Å². The number of Topliss-reactive ketones (excluding diaryl/α,β-unsaturated/α-hetero) is 1. The zero-order valence-corrected chi connectivity index (χ0v) is 6.06. The number of aliphatic hydroxyl groups is 3. The molecule has 0 bridgehead atoms. The van der Waals surface area contributed by atoms with E-state index in [1.807, 2.05) is 0 Å². The lowest BCUT2D eigenvalue weighted by Gasteiger charge is -2.06. The van der Waals surface area contributed by atoms with Crippen LogP contribution >= 0.6 is 0 Å². The van der Waals surface area contributed by atoms with E-state index in [1.54, 1.807) is 0 Å².